The lowest BCUT2D eigenvalue weighted by Crippen LogP contribution is -2.04. The molecule has 0 amide bonds. The van der Waals surface area contributed by atoms with Crippen LogP contribution in [0.25, 0.3) is 122 Å². The van der Waals surface area contributed by atoms with Crippen LogP contribution in [0.3, 0.4) is 0 Å². The minimum absolute atomic E-state index is 0.912. The first kappa shape index (κ1) is 45.8. The van der Waals surface area contributed by atoms with Crippen molar-refractivity contribution in [2.24, 2.45) is 0 Å². The summed E-state index contributed by atoms with van der Waals surface area (Å²) >= 11 is 0. The SMILES string of the molecule is c1cc2c(c(-c3ccc4oc5c(-c6ccc7c(c6)-c6cc(-c8cc(-c9cccc%10c9CCCC%10)cc9c8oc8ccc(-c%10cccc%11c%10CCCC%11)cc89)ccc6C7)cc(-c6cccc7c6CCCC7)cc5c4c3)c1)CCCC2. The fraction of sp³-hybridized carbons (Fsp3) is 0.221. The van der Waals surface area contributed by atoms with Gasteiger partial charge in [-0.25, -0.2) is 0 Å². The normalized spacial score (nSPS) is 15.5. The van der Waals surface area contributed by atoms with Crippen LogP contribution < -0.4 is 0 Å². The van der Waals surface area contributed by atoms with Crippen molar-refractivity contribution >= 4 is 43.9 Å². The molecule has 10 aromatic carbocycles. The smallest absolute Gasteiger partial charge is 0.143 e. The summed E-state index contributed by atoms with van der Waals surface area (Å²) in [7, 11) is 0. The molecule has 12 aromatic rings. The van der Waals surface area contributed by atoms with Crippen molar-refractivity contribution in [1.82, 2.24) is 0 Å². The van der Waals surface area contributed by atoms with Gasteiger partial charge in [0.2, 0.25) is 0 Å². The largest absolute Gasteiger partial charge is 0.455 e. The Hall–Kier alpha value is -8.20. The Kier molecular flexibility index (Phi) is 10.5. The van der Waals surface area contributed by atoms with Gasteiger partial charge in [-0.1, -0.05) is 109 Å². The zero-order valence-electron chi connectivity index (χ0n) is 45.0. The Morgan fingerprint density at radius 2 is 0.544 bits per heavy atom. The maximum Gasteiger partial charge on any atom is 0.143 e. The standard InChI is InChI=1S/C77H62O2/c1-5-21-58-46(13-1)17-9-25-62(58)52-33-35-74-70(40-52)72-44-56(64-27-11-19-48-15-3-7-23-60(48)64)42-68(76(72)78-74)54-31-29-50-37-51-30-32-55(39-67(51)66(50)38-54)69-43-57(65-28-12-20-49-16-4-8-24-61(49)65)45-73-71-41-53(34-36-75(71)79-77(69)73)63-26-10-18-47-14-2-6-22-59(47)63/h9-12,17-20,25-36,38-45H,1-8,13-16,21-24,37H2. The van der Waals surface area contributed by atoms with Gasteiger partial charge in [-0.15, -0.1) is 0 Å². The molecule has 17 rings (SSSR count). The van der Waals surface area contributed by atoms with Crippen LogP contribution >= 0.6 is 0 Å². The van der Waals surface area contributed by atoms with Crippen LogP contribution in [0.5, 0.6) is 0 Å². The van der Waals surface area contributed by atoms with Crippen LogP contribution in [-0.4, -0.2) is 0 Å². The van der Waals surface area contributed by atoms with Gasteiger partial charge in [-0.05, 0) is 292 Å². The molecular weight excluding hydrogens is 957 g/mol. The topological polar surface area (TPSA) is 26.3 Å². The van der Waals surface area contributed by atoms with E-state index in [4.69, 9.17) is 8.83 Å². The second kappa shape index (κ2) is 18.2. The molecule has 0 atom stereocenters. The van der Waals surface area contributed by atoms with E-state index >= 15 is 0 Å². The van der Waals surface area contributed by atoms with Gasteiger partial charge in [0.25, 0.3) is 0 Å². The summed E-state index contributed by atoms with van der Waals surface area (Å²) in [6, 6.07) is 66.1. The summed E-state index contributed by atoms with van der Waals surface area (Å²) in [6.07, 6.45) is 20.2. The first-order valence-corrected chi connectivity index (χ1v) is 29.8. The third-order valence-electron chi connectivity index (χ3n) is 19.5. The number of aryl methyl sites for hydroxylation is 4. The average Bonchev–Trinajstić information content (AvgIpc) is 4.28. The quantitative estimate of drug-likeness (QED) is 0.166. The number of furan rings is 2. The molecule has 2 heteroatoms. The maximum absolute atomic E-state index is 7.11. The lowest BCUT2D eigenvalue weighted by Gasteiger charge is -2.20. The summed E-state index contributed by atoms with van der Waals surface area (Å²) in [5.41, 5.74) is 36.6. The molecule has 5 aliphatic rings. The zero-order chi connectivity index (χ0) is 51.7. The first-order chi connectivity index (χ1) is 39.1. The van der Waals surface area contributed by atoms with Gasteiger partial charge in [0.1, 0.15) is 22.3 Å². The fourth-order valence-electron chi connectivity index (χ4n) is 15.5. The van der Waals surface area contributed by atoms with E-state index in [1.54, 1.807) is 0 Å². The monoisotopic (exact) mass is 1020 g/mol. The predicted octanol–water partition coefficient (Wildman–Crippen LogP) is 20.6. The molecule has 0 saturated carbocycles. The second-order valence-electron chi connectivity index (χ2n) is 23.9. The van der Waals surface area contributed by atoms with Crippen LogP contribution in [-0.2, 0) is 57.8 Å². The molecular formula is C77H62O2. The van der Waals surface area contributed by atoms with Crippen LogP contribution in [0.15, 0.2) is 179 Å². The predicted molar refractivity (Wildman–Crippen MR) is 328 cm³/mol. The van der Waals surface area contributed by atoms with Crippen molar-refractivity contribution in [3.8, 4) is 77.9 Å². The molecule has 2 aromatic heterocycles. The van der Waals surface area contributed by atoms with Gasteiger partial charge in [0, 0.05) is 32.7 Å². The van der Waals surface area contributed by atoms with Crippen LogP contribution in [0, 0.1) is 0 Å². The summed E-state index contributed by atoms with van der Waals surface area (Å²) in [5, 5.41) is 4.76. The summed E-state index contributed by atoms with van der Waals surface area (Å²) in [5.74, 6) is 0. The molecule has 2 nitrogen and oxygen atoms in total. The molecule has 79 heavy (non-hydrogen) atoms. The Morgan fingerprint density at radius 3 is 0.937 bits per heavy atom. The van der Waals surface area contributed by atoms with E-state index in [0.717, 1.165) is 78.4 Å². The number of hydrogen-bond acceptors (Lipinski definition) is 2. The van der Waals surface area contributed by atoms with Crippen molar-refractivity contribution < 1.29 is 8.83 Å². The Morgan fingerprint density at radius 1 is 0.228 bits per heavy atom. The van der Waals surface area contributed by atoms with E-state index < -0.39 is 0 Å². The van der Waals surface area contributed by atoms with Crippen molar-refractivity contribution in [2.45, 2.75) is 109 Å². The Balaban J connectivity index is 0.833. The van der Waals surface area contributed by atoms with E-state index in [2.05, 4.69) is 170 Å². The molecule has 0 aliphatic heterocycles. The van der Waals surface area contributed by atoms with Crippen LogP contribution in [0.4, 0.5) is 0 Å². The van der Waals surface area contributed by atoms with Gasteiger partial charge >= 0.3 is 0 Å². The van der Waals surface area contributed by atoms with Crippen LogP contribution in [0.1, 0.15) is 107 Å². The summed E-state index contributed by atoms with van der Waals surface area (Å²) < 4.78 is 14.2. The highest BCUT2D eigenvalue weighted by molar-refractivity contribution is 6.14. The molecule has 0 radical (unpaired) electrons. The fourth-order valence-corrected chi connectivity index (χ4v) is 15.5. The van der Waals surface area contributed by atoms with Crippen molar-refractivity contribution in [1.29, 1.82) is 0 Å². The third kappa shape index (κ3) is 7.43. The minimum atomic E-state index is 0.912. The summed E-state index contributed by atoms with van der Waals surface area (Å²) in [4.78, 5) is 0. The molecule has 0 fully saturated rings. The minimum Gasteiger partial charge on any atom is -0.455 e. The zero-order valence-corrected chi connectivity index (χ0v) is 45.0. The van der Waals surface area contributed by atoms with Gasteiger partial charge in [-0.3, -0.25) is 0 Å². The van der Waals surface area contributed by atoms with Gasteiger partial charge in [0.15, 0.2) is 0 Å². The molecule has 0 bridgehead atoms. The van der Waals surface area contributed by atoms with E-state index in [0.29, 0.717) is 0 Å². The first-order valence-electron chi connectivity index (χ1n) is 29.8. The van der Waals surface area contributed by atoms with Crippen LogP contribution in [0.2, 0.25) is 0 Å². The number of hydrogen-bond donors (Lipinski definition) is 0. The van der Waals surface area contributed by atoms with Gasteiger partial charge in [0.05, 0.1) is 0 Å². The second-order valence-corrected chi connectivity index (χ2v) is 23.9. The molecule has 382 valence electrons. The van der Waals surface area contributed by atoms with E-state index in [9.17, 15) is 0 Å². The van der Waals surface area contributed by atoms with E-state index in [1.807, 2.05) is 0 Å². The van der Waals surface area contributed by atoms with Gasteiger partial charge < -0.3 is 8.83 Å². The number of fused-ring (bicyclic) bond motifs is 13. The highest BCUT2D eigenvalue weighted by atomic mass is 16.3. The number of rotatable bonds is 6. The Labute approximate surface area is 462 Å². The molecule has 0 spiro atoms. The highest BCUT2D eigenvalue weighted by Crippen LogP contribution is 2.49. The molecule has 0 unspecified atom stereocenters. The third-order valence-corrected chi connectivity index (χ3v) is 19.5. The number of benzene rings is 10. The molecule has 2 heterocycles. The van der Waals surface area contributed by atoms with E-state index in [-0.39, 0.29) is 0 Å². The Bertz CT molecular complexity index is 4240. The molecule has 5 aliphatic carbocycles. The lowest BCUT2D eigenvalue weighted by molar-refractivity contribution is 0.669. The lowest BCUT2D eigenvalue weighted by atomic mass is 9.84. The highest BCUT2D eigenvalue weighted by Gasteiger charge is 2.27. The van der Waals surface area contributed by atoms with E-state index in [1.165, 1.54) is 208 Å². The van der Waals surface area contributed by atoms with Crippen molar-refractivity contribution in [2.75, 3.05) is 0 Å². The van der Waals surface area contributed by atoms with Crippen molar-refractivity contribution in [3.05, 3.63) is 225 Å². The molecule has 0 saturated heterocycles. The van der Waals surface area contributed by atoms with Gasteiger partial charge in [-0.2, -0.15) is 0 Å². The van der Waals surface area contributed by atoms with Crippen molar-refractivity contribution in [3.63, 3.8) is 0 Å². The maximum atomic E-state index is 7.11. The molecule has 0 N–H and O–H groups in total. The average molecular weight is 1020 g/mol. The summed E-state index contributed by atoms with van der Waals surface area (Å²) in [6.45, 7) is 0.